The van der Waals surface area contributed by atoms with Gasteiger partial charge in [-0.25, -0.2) is 4.39 Å². The summed E-state index contributed by atoms with van der Waals surface area (Å²) in [5.74, 6) is -0.517. The molecule has 0 unspecified atom stereocenters. The number of anilines is 1. The van der Waals surface area contributed by atoms with Crippen molar-refractivity contribution in [1.29, 1.82) is 0 Å². The number of hydrogen-bond donors (Lipinski definition) is 0. The number of rotatable bonds is 3. The normalized spacial score (nSPS) is 14.4. The highest BCUT2D eigenvalue weighted by molar-refractivity contribution is 5.97. The molecule has 0 bridgehead atoms. The van der Waals surface area contributed by atoms with E-state index in [9.17, 15) is 14.0 Å². The summed E-state index contributed by atoms with van der Waals surface area (Å²) in [4.78, 5) is 29.8. The van der Waals surface area contributed by atoms with Crippen molar-refractivity contribution in [1.82, 2.24) is 9.47 Å². The van der Waals surface area contributed by atoms with E-state index in [-0.39, 0.29) is 22.7 Å². The zero-order chi connectivity index (χ0) is 20.5. The highest BCUT2D eigenvalue weighted by atomic mass is 19.1. The zero-order valence-electron chi connectivity index (χ0n) is 16.7. The van der Waals surface area contributed by atoms with Crippen LogP contribution < -0.4 is 10.3 Å². The molecule has 0 spiro atoms. The molecular formula is C23H24FN3O2. The molecule has 1 saturated heterocycles. The quantitative estimate of drug-likeness (QED) is 0.685. The number of aromatic nitrogens is 1. The van der Waals surface area contributed by atoms with Gasteiger partial charge in [-0.3, -0.25) is 9.59 Å². The van der Waals surface area contributed by atoms with Gasteiger partial charge < -0.3 is 14.4 Å². The van der Waals surface area contributed by atoms with E-state index in [2.05, 4.69) is 0 Å². The Morgan fingerprint density at radius 3 is 2.48 bits per heavy atom. The lowest BCUT2D eigenvalue weighted by atomic mass is 10.1. The van der Waals surface area contributed by atoms with Gasteiger partial charge in [-0.05, 0) is 38.1 Å². The van der Waals surface area contributed by atoms with Crippen LogP contribution in [0.3, 0.4) is 0 Å². The zero-order valence-corrected chi connectivity index (χ0v) is 16.7. The molecule has 2 heterocycles. The summed E-state index contributed by atoms with van der Waals surface area (Å²) < 4.78 is 16.0. The van der Waals surface area contributed by atoms with E-state index in [1.54, 1.807) is 29.3 Å². The molecule has 1 fully saturated rings. The highest BCUT2D eigenvalue weighted by Crippen LogP contribution is 2.21. The molecule has 0 aliphatic carbocycles. The first-order chi connectivity index (χ1) is 14.0. The van der Waals surface area contributed by atoms with Crippen molar-refractivity contribution < 1.29 is 9.18 Å². The molecule has 3 aromatic rings. The number of carbonyl (C=O) groups is 1. The van der Waals surface area contributed by atoms with Gasteiger partial charge in [0.1, 0.15) is 11.4 Å². The summed E-state index contributed by atoms with van der Waals surface area (Å²) in [6.07, 6.45) is 1.67. The number of piperazine rings is 1. The van der Waals surface area contributed by atoms with Gasteiger partial charge in [0, 0.05) is 44.3 Å². The second kappa shape index (κ2) is 7.70. The van der Waals surface area contributed by atoms with Gasteiger partial charge in [0.25, 0.3) is 5.91 Å². The monoisotopic (exact) mass is 393 g/mol. The summed E-state index contributed by atoms with van der Waals surface area (Å²) in [7, 11) is 0. The maximum Gasteiger partial charge on any atom is 0.259 e. The Balaban J connectivity index is 1.61. The van der Waals surface area contributed by atoms with Gasteiger partial charge >= 0.3 is 0 Å². The second-order valence-electron chi connectivity index (χ2n) is 7.41. The standard InChI is InChI=1S/C23H24FN3O2/c1-3-25-15-18(22(28)17-14-16(2)8-9-20(17)25)23(29)27-12-10-26(11-13-27)21-7-5-4-6-19(21)24/h4-9,14-15H,3,10-13H2,1-2H3. The molecule has 1 aliphatic rings. The Hall–Kier alpha value is -3.15. The van der Waals surface area contributed by atoms with Crippen molar-refractivity contribution in [2.24, 2.45) is 0 Å². The summed E-state index contributed by atoms with van der Waals surface area (Å²) in [5, 5.41) is 0.572. The van der Waals surface area contributed by atoms with Crippen LogP contribution in [0.1, 0.15) is 22.8 Å². The van der Waals surface area contributed by atoms with Crippen molar-refractivity contribution in [2.75, 3.05) is 31.1 Å². The third-order valence-corrected chi connectivity index (χ3v) is 5.57. The summed E-state index contributed by atoms with van der Waals surface area (Å²) >= 11 is 0. The molecule has 150 valence electrons. The van der Waals surface area contributed by atoms with Crippen molar-refractivity contribution in [3.8, 4) is 0 Å². The molecular weight excluding hydrogens is 369 g/mol. The van der Waals surface area contributed by atoms with Gasteiger partial charge in [0.15, 0.2) is 0 Å². The Bertz CT molecular complexity index is 1130. The molecule has 6 heteroatoms. The largest absolute Gasteiger partial charge is 0.366 e. The van der Waals surface area contributed by atoms with E-state index in [0.29, 0.717) is 43.8 Å². The van der Waals surface area contributed by atoms with E-state index in [0.717, 1.165) is 11.1 Å². The molecule has 4 rings (SSSR count). The van der Waals surface area contributed by atoms with Crippen LogP contribution in [0.15, 0.2) is 53.5 Å². The van der Waals surface area contributed by atoms with Crippen LogP contribution in [0, 0.1) is 12.7 Å². The Morgan fingerprint density at radius 1 is 1.07 bits per heavy atom. The topological polar surface area (TPSA) is 45.6 Å². The Labute approximate surface area is 169 Å². The number of benzene rings is 2. The van der Waals surface area contributed by atoms with Crippen LogP contribution >= 0.6 is 0 Å². The number of hydrogen-bond acceptors (Lipinski definition) is 3. The average Bonchev–Trinajstić information content (AvgIpc) is 2.74. The number of para-hydroxylation sites is 1. The number of nitrogens with zero attached hydrogens (tertiary/aromatic N) is 3. The van der Waals surface area contributed by atoms with Crippen LogP contribution in [-0.2, 0) is 6.54 Å². The number of pyridine rings is 1. The molecule has 0 N–H and O–H groups in total. The average molecular weight is 393 g/mol. The molecule has 29 heavy (non-hydrogen) atoms. The van der Waals surface area contributed by atoms with Gasteiger partial charge in [-0.1, -0.05) is 23.8 Å². The summed E-state index contributed by atoms with van der Waals surface area (Å²) in [5.41, 5.74) is 2.35. The summed E-state index contributed by atoms with van der Waals surface area (Å²) in [6.45, 7) is 6.55. The van der Waals surface area contributed by atoms with Gasteiger partial charge in [0.05, 0.1) is 11.2 Å². The first-order valence-corrected chi connectivity index (χ1v) is 9.92. The van der Waals surface area contributed by atoms with E-state index in [1.165, 1.54) is 6.07 Å². The minimum Gasteiger partial charge on any atom is -0.366 e. The first-order valence-electron chi connectivity index (χ1n) is 9.92. The van der Waals surface area contributed by atoms with Crippen LogP contribution in [0.5, 0.6) is 0 Å². The van der Waals surface area contributed by atoms with Crippen molar-refractivity contribution in [3.63, 3.8) is 0 Å². The van der Waals surface area contributed by atoms with Crippen molar-refractivity contribution in [2.45, 2.75) is 20.4 Å². The van der Waals surface area contributed by atoms with Crippen LogP contribution in [-0.4, -0.2) is 41.6 Å². The highest BCUT2D eigenvalue weighted by Gasteiger charge is 2.26. The molecule has 1 amide bonds. The van der Waals surface area contributed by atoms with E-state index in [4.69, 9.17) is 0 Å². The predicted octanol–water partition coefficient (Wildman–Crippen LogP) is 3.43. The van der Waals surface area contributed by atoms with E-state index < -0.39 is 0 Å². The second-order valence-corrected chi connectivity index (χ2v) is 7.41. The lowest BCUT2D eigenvalue weighted by molar-refractivity contribution is 0.0744. The maximum absolute atomic E-state index is 14.0. The van der Waals surface area contributed by atoms with Crippen molar-refractivity contribution >= 4 is 22.5 Å². The molecule has 5 nitrogen and oxygen atoms in total. The number of amides is 1. The Morgan fingerprint density at radius 2 is 1.79 bits per heavy atom. The SMILES string of the molecule is CCn1cc(C(=O)N2CCN(c3ccccc3F)CC2)c(=O)c2cc(C)ccc21. The van der Waals surface area contributed by atoms with Gasteiger partial charge in [-0.15, -0.1) is 0 Å². The fourth-order valence-electron chi connectivity index (χ4n) is 3.95. The Kier molecular flexibility index (Phi) is 5.09. The minimum absolute atomic E-state index is 0.198. The lowest BCUT2D eigenvalue weighted by Crippen LogP contribution is -2.49. The van der Waals surface area contributed by atoms with Crippen molar-refractivity contribution in [3.05, 3.63) is 75.8 Å². The molecule has 0 saturated carbocycles. The molecule has 2 aromatic carbocycles. The number of carbonyl (C=O) groups excluding carboxylic acids is 1. The van der Waals surface area contributed by atoms with E-state index >= 15 is 0 Å². The van der Waals surface area contributed by atoms with Gasteiger partial charge in [0.2, 0.25) is 5.43 Å². The maximum atomic E-state index is 14.0. The fourth-order valence-corrected chi connectivity index (χ4v) is 3.95. The lowest BCUT2D eigenvalue weighted by Gasteiger charge is -2.36. The smallest absolute Gasteiger partial charge is 0.259 e. The minimum atomic E-state index is -0.261. The third-order valence-electron chi connectivity index (χ3n) is 5.57. The predicted molar refractivity (Wildman–Crippen MR) is 113 cm³/mol. The number of aryl methyl sites for hydroxylation is 2. The first kappa shape index (κ1) is 19.2. The van der Waals surface area contributed by atoms with E-state index in [1.807, 2.05) is 41.5 Å². The number of fused-ring (bicyclic) bond motifs is 1. The molecule has 1 aliphatic heterocycles. The summed E-state index contributed by atoms with van der Waals surface area (Å²) in [6, 6.07) is 12.4. The van der Waals surface area contributed by atoms with Crippen LogP contribution in [0.25, 0.3) is 10.9 Å². The molecule has 0 radical (unpaired) electrons. The van der Waals surface area contributed by atoms with Gasteiger partial charge in [-0.2, -0.15) is 0 Å². The molecule has 0 atom stereocenters. The fraction of sp³-hybridized carbons (Fsp3) is 0.304. The molecule has 1 aromatic heterocycles. The van der Waals surface area contributed by atoms with Crippen LogP contribution in [0.4, 0.5) is 10.1 Å². The third kappa shape index (κ3) is 3.50. The van der Waals surface area contributed by atoms with Crippen LogP contribution in [0.2, 0.25) is 0 Å². The number of halogens is 1.